The van der Waals surface area contributed by atoms with Crippen molar-refractivity contribution in [2.45, 2.75) is 20.4 Å². The van der Waals surface area contributed by atoms with Crippen LogP contribution in [0, 0.1) is 12.8 Å². The van der Waals surface area contributed by atoms with Crippen LogP contribution < -0.4 is 5.73 Å². The van der Waals surface area contributed by atoms with E-state index in [-0.39, 0.29) is 5.92 Å². The fourth-order valence-electron chi connectivity index (χ4n) is 0.982. The lowest BCUT2D eigenvalue weighted by Gasteiger charge is -2.11. The molecule has 0 aliphatic rings. The molecule has 2 N–H and O–H groups in total. The summed E-state index contributed by atoms with van der Waals surface area (Å²) in [6.07, 6.45) is 3.71. The van der Waals surface area contributed by atoms with E-state index in [9.17, 15) is 0 Å². The van der Waals surface area contributed by atoms with Gasteiger partial charge in [0, 0.05) is 24.9 Å². The van der Waals surface area contributed by atoms with E-state index in [0.717, 1.165) is 12.4 Å². The predicted octanol–water partition coefficient (Wildman–Crippen LogP) is 1.11. The Balaban J connectivity index is 2.64. The first kappa shape index (κ1) is 9.19. The molecule has 0 fully saturated rings. The molecule has 1 aromatic heterocycles. The average molecular weight is 183 g/mol. The van der Waals surface area contributed by atoms with E-state index in [1.165, 1.54) is 0 Å². The lowest BCUT2D eigenvalue weighted by Crippen LogP contribution is -2.23. The van der Waals surface area contributed by atoms with Crippen LogP contribution in [-0.4, -0.2) is 14.5 Å². The highest BCUT2D eigenvalue weighted by atomic mass is 32.1. The van der Waals surface area contributed by atoms with Gasteiger partial charge in [0.2, 0.25) is 0 Å². The van der Waals surface area contributed by atoms with Gasteiger partial charge in [0.1, 0.15) is 5.82 Å². The van der Waals surface area contributed by atoms with Crippen molar-refractivity contribution in [3.63, 3.8) is 0 Å². The molecule has 0 spiro atoms. The highest BCUT2D eigenvalue weighted by molar-refractivity contribution is 7.80. The van der Waals surface area contributed by atoms with Crippen molar-refractivity contribution < 1.29 is 0 Å². The number of thiocarbonyl (C=S) groups is 1. The summed E-state index contributed by atoms with van der Waals surface area (Å²) in [5.41, 5.74) is 5.50. The molecule has 4 heteroatoms. The largest absolute Gasteiger partial charge is 0.393 e. The van der Waals surface area contributed by atoms with Crippen molar-refractivity contribution in [1.29, 1.82) is 0 Å². The van der Waals surface area contributed by atoms with Gasteiger partial charge in [-0.15, -0.1) is 0 Å². The van der Waals surface area contributed by atoms with Crippen molar-refractivity contribution in [3.8, 4) is 0 Å². The third kappa shape index (κ3) is 2.04. The molecule has 0 saturated carbocycles. The highest BCUT2D eigenvalue weighted by Gasteiger charge is 2.06. The number of rotatable bonds is 3. The number of hydrogen-bond acceptors (Lipinski definition) is 2. The van der Waals surface area contributed by atoms with E-state index >= 15 is 0 Å². The van der Waals surface area contributed by atoms with Crippen LogP contribution in [0.5, 0.6) is 0 Å². The molecule has 1 heterocycles. The van der Waals surface area contributed by atoms with Crippen molar-refractivity contribution in [3.05, 3.63) is 18.2 Å². The van der Waals surface area contributed by atoms with E-state index in [2.05, 4.69) is 4.98 Å². The predicted molar refractivity (Wildman–Crippen MR) is 52.9 cm³/mol. The first-order valence-corrected chi connectivity index (χ1v) is 4.29. The molecule has 1 atom stereocenters. The van der Waals surface area contributed by atoms with Crippen LogP contribution in [-0.2, 0) is 6.54 Å². The summed E-state index contributed by atoms with van der Waals surface area (Å²) in [6, 6.07) is 0. The van der Waals surface area contributed by atoms with Crippen molar-refractivity contribution >= 4 is 17.2 Å². The molecule has 1 unspecified atom stereocenters. The van der Waals surface area contributed by atoms with E-state index < -0.39 is 0 Å². The van der Waals surface area contributed by atoms with Crippen LogP contribution in [0.2, 0.25) is 0 Å². The first-order chi connectivity index (χ1) is 5.61. The monoisotopic (exact) mass is 183 g/mol. The standard InChI is InChI=1S/C8H13N3S/c1-6(8(9)12)5-11-4-3-10-7(11)2/h3-4,6H,5H2,1-2H3,(H2,9,12). The van der Waals surface area contributed by atoms with Crippen LogP contribution in [0.25, 0.3) is 0 Å². The van der Waals surface area contributed by atoms with E-state index in [1.54, 1.807) is 6.20 Å². The summed E-state index contributed by atoms with van der Waals surface area (Å²) < 4.78 is 2.05. The summed E-state index contributed by atoms with van der Waals surface area (Å²) in [5, 5.41) is 0. The van der Waals surface area contributed by atoms with Crippen molar-refractivity contribution in [2.75, 3.05) is 0 Å². The maximum absolute atomic E-state index is 5.50. The average Bonchev–Trinajstić information content (AvgIpc) is 2.36. The highest BCUT2D eigenvalue weighted by Crippen LogP contribution is 2.03. The number of aryl methyl sites for hydroxylation is 1. The number of hydrogen-bond donors (Lipinski definition) is 1. The fourth-order valence-corrected chi connectivity index (χ4v) is 1.06. The zero-order valence-electron chi connectivity index (χ0n) is 7.32. The molecular formula is C8H13N3S. The molecule has 0 bridgehead atoms. The van der Waals surface area contributed by atoms with Crippen LogP contribution >= 0.6 is 12.2 Å². The van der Waals surface area contributed by atoms with Gasteiger partial charge in [-0.25, -0.2) is 4.98 Å². The summed E-state index contributed by atoms with van der Waals surface area (Å²) in [6.45, 7) is 4.80. The topological polar surface area (TPSA) is 43.8 Å². The molecule has 12 heavy (non-hydrogen) atoms. The van der Waals surface area contributed by atoms with Gasteiger partial charge in [-0.1, -0.05) is 19.1 Å². The van der Waals surface area contributed by atoms with E-state index in [0.29, 0.717) is 4.99 Å². The molecule has 0 saturated heterocycles. The smallest absolute Gasteiger partial charge is 0.105 e. The zero-order valence-corrected chi connectivity index (χ0v) is 8.14. The van der Waals surface area contributed by atoms with Gasteiger partial charge in [-0.3, -0.25) is 0 Å². The minimum atomic E-state index is 0.230. The van der Waals surface area contributed by atoms with Crippen molar-refractivity contribution in [2.24, 2.45) is 11.7 Å². The molecule has 1 rings (SSSR count). The number of nitrogens with two attached hydrogens (primary N) is 1. The van der Waals surface area contributed by atoms with Crippen molar-refractivity contribution in [1.82, 2.24) is 9.55 Å². The van der Waals surface area contributed by atoms with Gasteiger partial charge in [-0.05, 0) is 6.92 Å². The van der Waals surface area contributed by atoms with Gasteiger partial charge in [0.05, 0.1) is 4.99 Å². The SMILES string of the molecule is Cc1nccn1CC(C)C(N)=S. The minimum absolute atomic E-state index is 0.230. The Morgan fingerprint density at radius 1 is 1.83 bits per heavy atom. The summed E-state index contributed by atoms with van der Waals surface area (Å²) in [7, 11) is 0. The third-order valence-electron chi connectivity index (χ3n) is 1.88. The maximum atomic E-state index is 5.50. The molecule has 0 radical (unpaired) electrons. The van der Waals surface area contributed by atoms with Gasteiger partial charge >= 0.3 is 0 Å². The van der Waals surface area contributed by atoms with Gasteiger partial charge < -0.3 is 10.3 Å². The second-order valence-electron chi connectivity index (χ2n) is 2.93. The lowest BCUT2D eigenvalue weighted by molar-refractivity contribution is 0.585. The summed E-state index contributed by atoms with van der Waals surface area (Å²) in [5.74, 6) is 1.23. The molecular weight excluding hydrogens is 170 g/mol. The Morgan fingerprint density at radius 2 is 2.50 bits per heavy atom. The van der Waals surface area contributed by atoms with Crippen LogP contribution in [0.1, 0.15) is 12.7 Å². The fraction of sp³-hybridized carbons (Fsp3) is 0.500. The Hall–Kier alpha value is -0.900. The Morgan fingerprint density at radius 3 is 2.92 bits per heavy atom. The zero-order chi connectivity index (χ0) is 9.14. The summed E-state index contributed by atoms with van der Waals surface area (Å²) in [4.78, 5) is 4.67. The quantitative estimate of drug-likeness (QED) is 0.714. The Bertz CT molecular complexity index is 280. The molecule has 66 valence electrons. The molecule has 0 aliphatic carbocycles. The van der Waals surface area contributed by atoms with Crippen LogP contribution in [0.4, 0.5) is 0 Å². The molecule has 0 amide bonds. The molecule has 0 aromatic carbocycles. The maximum Gasteiger partial charge on any atom is 0.105 e. The lowest BCUT2D eigenvalue weighted by atomic mass is 10.2. The molecule has 0 aliphatic heterocycles. The molecule has 3 nitrogen and oxygen atoms in total. The second kappa shape index (κ2) is 3.67. The first-order valence-electron chi connectivity index (χ1n) is 3.88. The number of aromatic nitrogens is 2. The van der Waals surface area contributed by atoms with Crippen LogP contribution in [0.3, 0.4) is 0 Å². The van der Waals surface area contributed by atoms with E-state index in [1.807, 2.05) is 24.6 Å². The second-order valence-corrected chi connectivity index (χ2v) is 3.40. The number of nitrogens with zero attached hydrogens (tertiary/aromatic N) is 2. The summed E-state index contributed by atoms with van der Waals surface area (Å²) >= 11 is 4.88. The normalized spacial score (nSPS) is 12.8. The molecule has 1 aromatic rings. The number of imidazole rings is 1. The van der Waals surface area contributed by atoms with E-state index in [4.69, 9.17) is 18.0 Å². The minimum Gasteiger partial charge on any atom is -0.393 e. The van der Waals surface area contributed by atoms with Gasteiger partial charge in [-0.2, -0.15) is 0 Å². The van der Waals surface area contributed by atoms with Gasteiger partial charge in [0.15, 0.2) is 0 Å². The Kier molecular flexibility index (Phi) is 2.81. The van der Waals surface area contributed by atoms with Crippen LogP contribution in [0.15, 0.2) is 12.4 Å². The Labute approximate surface area is 77.6 Å². The van der Waals surface area contributed by atoms with Gasteiger partial charge in [0.25, 0.3) is 0 Å². The third-order valence-corrected chi connectivity index (χ3v) is 2.28.